The van der Waals surface area contributed by atoms with E-state index >= 15 is 0 Å². The number of carbonyl (C=O) groups is 4. The van der Waals surface area contributed by atoms with Crippen molar-refractivity contribution in [3.63, 3.8) is 0 Å². The minimum absolute atomic E-state index is 0.105. The van der Waals surface area contributed by atoms with Gasteiger partial charge < -0.3 is 33.8 Å². The molecule has 0 radical (unpaired) electrons. The van der Waals surface area contributed by atoms with E-state index in [0.717, 1.165) is 108 Å². The molecule has 3 unspecified atom stereocenters. The fourth-order valence-electron chi connectivity index (χ4n) is 10.7. The van der Waals surface area contributed by atoms with Gasteiger partial charge in [0.05, 0.1) is 26.4 Å². The van der Waals surface area contributed by atoms with Crippen molar-refractivity contribution in [2.45, 2.75) is 375 Å². The molecule has 90 heavy (non-hydrogen) atoms. The number of hydrogen-bond donors (Lipinski definition) is 3. The Bertz CT molecular complexity index is 1770. The molecule has 17 nitrogen and oxygen atoms in total. The molecular weight excluding hydrogens is 1190 g/mol. The summed E-state index contributed by atoms with van der Waals surface area (Å²) in [5.74, 6) is 0.155. The molecule has 0 aliphatic carbocycles. The van der Waals surface area contributed by atoms with E-state index in [1.165, 1.54) is 167 Å². The van der Waals surface area contributed by atoms with Gasteiger partial charge in [0.2, 0.25) is 0 Å². The maximum absolute atomic E-state index is 13.0. The summed E-state index contributed by atoms with van der Waals surface area (Å²) in [6.45, 7) is 11.8. The lowest BCUT2D eigenvalue weighted by Crippen LogP contribution is -2.30. The van der Waals surface area contributed by atoms with Crippen molar-refractivity contribution in [1.82, 2.24) is 0 Å². The first-order valence-electron chi connectivity index (χ1n) is 36.9. The summed E-state index contributed by atoms with van der Waals surface area (Å²) in [5, 5.41) is 10.6. The van der Waals surface area contributed by atoms with Gasteiger partial charge in [0.15, 0.2) is 12.2 Å². The maximum atomic E-state index is 13.0. The van der Waals surface area contributed by atoms with Gasteiger partial charge in [0.25, 0.3) is 0 Å². The van der Waals surface area contributed by atoms with E-state index in [1.807, 2.05) is 0 Å². The van der Waals surface area contributed by atoms with Crippen LogP contribution in [0.1, 0.15) is 357 Å². The molecule has 0 fully saturated rings. The number of aliphatic hydroxyl groups excluding tert-OH is 1. The Morgan fingerprint density at radius 2 is 0.567 bits per heavy atom. The molecule has 0 bridgehead atoms. The third kappa shape index (κ3) is 63.5. The number of phosphoric ester groups is 2. The second-order valence-electron chi connectivity index (χ2n) is 26.8. The van der Waals surface area contributed by atoms with Gasteiger partial charge in [-0.25, -0.2) is 9.13 Å². The van der Waals surface area contributed by atoms with E-state index in [0.29, 0.717) is 25.7 Å². The summed E-state index contributed by atoms with van der Waals surface area (Å²) in [4.78, 5) is 72.6. The minimum Gasteiger partial charge on any atom is -0.462 e. The highest BCUT2D eigenvalue weighted by atomic mass is 31.2. The van der Waals surface area contributed by atoms with Gasteiger partial charge in [0, 0.05) is 25.7 Å². The van der Waals surface area contributed by atoms with Crippen LogP contribution >= 0.6 is 15.6 Å². The van der Waals surface area contributed by atoms with Crippen molar-refractivity contribution in [2.24, 2.45) is 17.8 Å². The lowest BCUT2D eigenvalue weighted by Gasteiger charge is -2.21. The number of ether oxygens (including phenoxy) is 4. The van der Waals surface area contributed by atoms with Crippen LogP contribution < -0.4 is 0 Å². The van der Waals surface area contributed by atoms with E-state index in [2.05, 4.69) is 48.5 Å². The van der Waals surface area contributed by atoms with E-state index in [1.54, 1.807) is 0 Å². The number of carbonyl (C=O) groups excluding carboxylic acids is 4. The molecule has 0 amide bonds. The van der Waals surface area contributed by atoms with Crippen molar-refractivity contribution >= 4 is 39.5 Å². The summed E-state index contributed by atoms with van der Waals surface area (Å²) in [5.41, 5.74) is 0. The molecule has 0 aromatic heterocycles. The molecule has 534 valence electrons. The molecule has 3 N–H and O–H groups in total. The molecule has 0 aromatic carbocycles. The predicted molar refractivity (Wildman–Crippen MR) is 363 cm³/mol. The highest BCUT2D eigenvalue weighted by Crippen LogP contribution is 2.45. The maximum Gasteiger partial charge on any atom is 0.472 e. The van der Waals surface area contributed by atoms with Crippen molar-refractivity contribution in [3.05, 3.63) is 0 Å². The molecule has 6 atom stereocenters. The second kappa shape index (κ2) is 61.9. The van der Waals surface area contributed by atoms with E-state index in [-0.39, 0.29) is 25.7 Å². The molecule has 0 saturated carbocycles. The van der Waals surface area contributed by atoms with Crippen LogP contribution in [0.25, 0.3) is 0 Å². The predicted octanol–water partition coefficient (Wildman–Crippen LogP) is 20.2. The molecule has 0 spiro atoms. The smallest absolute Gasteiger partial charge is 0.462 e. The zero-order chi connectivity index (χ0) is 66.6. The highest BCUT2D eigenvalue weighted by molar-refractivity contribution is 7.47. The van der Waals surface area contributed by atoms with Crippen molar-refractivity contribution < 1.29 is 80.2 Å². The van der Waals surface area contributed by atoms with Gasteiger partial charge >= 0.3 is 39.5 Å². The van der Waals surface area contributed by atoms with Crippen LogP contribution in [-0.2, 0) is 65.4 Å². The molecule has 19 heteroatoms. The fourth-order valence-corrected chi connectivity index (χ4v) is 12.3. The molecular formula is C71H138O17P2. The van der Waals surface area contributed by atoms with Crippen LogP contribution in [0.15, 0.2) is 0 Å². The SMILES string of the molecule is CCCCCCCCCCCCCCC(=O)OC[C@H](COP(=O)(O)OC[C@H](O)COP(=O)(O)OC[C@@H](COC(=O)CCCCCCCCCCCCC(C)C)OC(=O)CCCCCCCCCCCCC(C)C)OC(=O)CCCCCCCCCCC(C)CC. The van der Waals surface area contributed by atoms with E-state index in [4.69, 9.17) is 37.0 Å². The number of unbranched alkanes of at least 4 members (excludes halogenated alkanes) is 36. The van der Waals surface area contributed by atoms with Crippen LogP contribution in [0.3, 0.4) is 0 Å². The van der Waals surface area contributed by atoms with Crippen LogP contribution in [0.2, 0.25) is 0 Å². The number of rotatable bonds is 69. The quantitative estimate of drug-likeness (QED) is 0.0222. The fraction of sp³-hybridized carbons (Fsp3) is 0.944. The Morgan fingerprint density at radius 1 is 0.322 bits per heavy atom. The average Bonchev–Trinajstić information content (AvgIpc) is 3.42. The second-order valence-corrected chi connectivity index (χ2v) is 29.7. The zero-order valence-electron chi connectivity index (χ0n) is 58.6. The molecule has 0 heterocycles. The average molecular weight is 1330 g/mol. The molecule has 0 aliphatic heterocycles. The zero-order valence-corrected chi connectivity index (χ0v) is 60.4. The lowest BCUT2D eigenvalue weighted by molar-refractivity contribution is -0.161. The van der Waals surface area contributed by atoms with Crippen molar-refractivity contribution in [2.75, 3.05) is 39.6 Å². The standard InChI is InChI=1S/C71H138O17P2/c1-8-10-11-12-13-14-15-16-23-31-38-45-52-68(73)81-59-67(88-71(76)55-48-41-34-27-26-30-37-44-51-64(7)9-2)61-86-90(79,80)84-57-65(72)56-83-89(77,78)85-60-66(87-70(75)54-47-40-33-25-20-18-22-29-36-43-50-63(5)6)58-82-69(74)53-46-39-32-24-19-17-21-28-35-42-49-62(3)4/h62-67,72H,8-61H2,1-7H3,(H,77,78)(H,79,80)/t64?,65-,66-,67-/m1/s1. The Balaban J connectivity index is 5.27. The Kier molecular flexibility index (Phi) is 60.6. The third-order valence-corrected chi connectivity index (χ3v) is 18.6. The van der Waals surface area contributed by atoms with Crippen LogP contribution in [0.4, 0.5) is 0 Å². The first-order valence-corrected chi connectivity index (χ1v) is 39.9. The number of phosphoric acid groups is 2. The van der Waals surface area contributed by atoms with E-state index < -0.39 is 97.5 Å². The first-order chi connectivity index (χ1) is 43.3. The summed E-state index contributed by atoms with van der Waals surface area (Å²) in [6.07, 6.45) is 45.6. The van der Waals surface area contributed by atoms with E-state index in [9.17, 15) is 43.2 Å². The molecule has 0 rings (SSSR count). The summed E-state index contributed by atoms with van der Waals surface area (Å²) >= 11 is 0. The van der Waals surface area contributed by atoms with Gasteiger partial charge in [-0.2, -0.15) is 0 Å². The summed E-state index contributed by atoms with van der Waals surface area (Å²) in [6, 6.07) is 0. The van der Waals surface area contributed by atoms with Crippen molar-refractivity contribution in [3.8, 4) is 0 Å². The minimum atomic E-state index is -4.95. The Hall–Kier alpha value is -1.94. The highest BCUT2D eigenvalue weighted by Gasteiger charge is 2.30. The Morgan fingerprint density at radius 3 is 0.844 bits per heavy atom. The van der Waals surface area contributed by atoms with Gasteiger partial charge in [-0.3, -0.25) is 37.3 Å². The molecule has 0 aromatic rings. The van der Waals surface area contributed by atoms with Gasteiger partial charge in [-0.15, -0.1) is 0 Å². The monoisotopic (exact) mass is 1320 g/mol. The lowest BCUT2D eigenvalue weighted by atomic mass is 9.99. The van der Waals surface area contributed by atoms with Gasteiger partial charge in [-0.05, 0) is 43.4 Å². The third-order valence-electron chi connectivity index (χ3n) is 16.7. The summed E-state index contributed by atoms with van der Waals surface area (Å²) in [7, 11) is -9.90. The van der Waals surface area contributed by atoms with Crippen LogP contribution in [0, 0.1) is 17.8 Å². The summed E-state index contributed by atoms with van der Waals surface area (Å²) < 4.78 is 68.3. The number of hydrogen-bond acceptors (Lipinski definition) is 15. The molecule has 0 saturated heterocycles. The number of aliphatic hydroxyl groups is 1. The van der Waals surface area contributed by atoms with Gasteiger partial charge in [-0.1, -0.05) is 305 Å². The molecule has 0 aliphatic rings. The Labute approximate surface area is 549 Å². The van der Waals surface area contributed by atoms with Crippen LogP contribution in [0.5, 0.6) is 0 Å². The van der Waals surface area contributed by atoms with Crippen molar-refractivity contribution in [1.29, 1.82) is 0 Å². The largest absolute Gasteiger partial charge is 0.472 e. The number of esters is 4. The normalized spacial score (nSPS) is 14.5. The van der Waals surface area contributed by atoms with Crippen LogP contribution in [-0.4, -0.2) is 96.7 Å². The first kappa shape index (κ1) is 88.1. The topological polar surface area (TPSA) is 237 Å². The van der Waals surface area contributed by atoms with Gasteiger partial charge in [0.1, 0.15) is 19.3 Å².